The van der Waals surface area contributed by atoms with Crippen LogP contribution in [0.4, 0.5) is 5.69 Å². The van der Waals surface area contributed by atoms with Crippen molar-refractivity contribution in [2.45, 2.75) is 20.3 Å². The van der Waals surface area contributed by atoms with Gasteiger partial charge in [-0.15, -0.1) is 0 Å². The van der Waals surface area contributed by atoms with E-state index in [0.717, 1.165) is 21.7 Å². The number of hydrogen-bond acceptors (Lipinski definition) is 5. The molecule has 1 atom stereocenters. The van der Waals surface area contributed by atoms with E-state index in [1.54, 1.807) is 29.2 Å². The summed E-state index contributed by atoms with van der Waals surface area (Å²) in [4.78, 5) is 52.2. The summed E-state index contributed by atoms with van der Waals surface area (Å²) in [6.45, 7) is 3.61. The topological polar surface area (TPSA) is 84.0 Å². The van der Waals surface area contributed by atoms with Crippen molar-refractivity contribution in [1.82, 2.24) is 4.90 Å². The van der Waals surface area contributed by atoms with Gasteiger partial charge in [-0.05, 0) is 43.2 Å². The molecule has 0 aromatic heterocycles. The Morgan fingerprint density at radius 3 is 2.34 bits per heavy atom. The first-order valence-corrected chi connectivity index (χ1v) is 9.36. The van der Waals surface area contributed by atoms with Gasteiger partial charge in [0.15, 0.2) is 6.73 Å². The molecule has 2 aromatic carbocycles. The average molecular weight is 392 g/mol. The molecule has 148 valence electrons. The Balaban J connectivity index is 1.41. The molecule has 2 aliphatic rings. The molecule has 2 heterocycles. The number of anilines is 1. The highest BCUT2D eigenvalue weighted by Gasteiger charge is 2.39. The van der Waals surface area contributed by atoms with E-state index in [-0.39, 0.29) is 18.9 Å². The van der Waals surface area contributed by atoms with E-state index < -0.39 is 30.4 Å². The van der Waals surface area contributed by atoms with Crippen LogP contribution in [0.1, 0.15) is 38.3 Å². The van der Waals surface area contributed by atoms with Gasteiger partial charge in [0, 0.05) is 18.7 Å². The molecule has 4 rings (SSSR count). The van der Waals surface area contributed by atoms with Gasteiger partial charge in [0.25, 0.3) is 11.8 Å². The lowest BCUT2D eigenvalue weighted by atomic mass is 10.1. The second-order valence-electron chi connectivity index (χ2n) is 7.37. The highest BCUT2D eigenvalue weighted by molar-refractivity contribution is 6.21. The van der Waals surface area contributed by atoms with Gasteiger partial charge in [0.2, 0.25) is 5.91 Å². The summed E-state index contributed by atoms with van der Waals surface area (Å²) in [7, 11) is 0. The zero-order valence-electron chi connectivity index (χ0n) is 16.2. The third-order valence-corrected chi connectivity index (χ3v) is 5.33. The second-order valence-corrected chi connectivity index (χ2v) is 7.37. The van der Waals surface area contributed by atoms with Crippen LogP contribution < -0.4 is 4.90 Å². The van der Waals surface area contributed by atoms with Gasteiger partial charge in [0.1, 0.15) is 0 Å². The molecular weight excluding hydrogens is 372 g/mol. The number of amides is 3. The minimum absolute atomic E-state index is 0.0360. The summed E-state index contributed by atoms with van der Waals surface area (Å²) in [5.74, 6) is -2.36. The molecule has 7 heteroatoms. The van der Waals surface area contributed by atoms with E-state index in [4.69, 9.17) is 4.74 Å². The molecule has 0 spiro atoms. The number of hydrogen-bond donors (Lipinski definition) is 0. The van der Waals surface area contributed by atoms with Crippen molar-refractivity contribution in [3.8, 4) is 0 Å². The van der Waals surface area contributed by atoms with Crippen molar-refractivity contribution in [2.24, 2.45) is 5.92 Å². The SMILES string of the molecule is Cc1ccc(C)c(N2C[C@H](C(=O)OCN3C(=O)c4ccccc4C3=O)CC2=O)c1. The number of aryl methyl sites for hydroxylation is 2. The predicted octanol–water partition coefficient (Wildman–Crippen LogP) is 2.45. The van der Waals surface area contributed by atoms with Gasteiger partial charge >= 0.3 is 5.97 Å². The first-order valence-electron chi connectivity index (χ1n) is 9.36. The summed E-state index contributed by atoms with van der Waals surface area (Å²) >= 11 is 0. The number of rotatable bonds is 4. The van der Waals surface area contributed by atoms with Gasteiger partial charge in [-0.25, -0.2) is 4.90 Å². The minimum atomic E-state index is -0.641. The third-order valence-electron chi connectivity index (χ3n) is 5.33. The van der Waals surface area contributed by atoms with Gasteiger partial charge in [0.05, 0.1) is 17.0 Å². The van der Waals surface area contributed by atoms with Crippen LogP contribution in [0.3, 0.4) is 0 Å². The standard InChI is InChI=1S/C22H20N2O5/c1-13-7-8-14(2)18(9-13)23-11-15(10-19(23)25)22(28)29-12-24-20(26)16-5-3-4-6-17(16)21(24)27/h3-9,15H,10-12H2,1-2H3/t15-/m1/s1. The molecule has 1 fully saturated rings. The Hall–Kier alpha value is -3.48. The lowest BCUT2D eigenvalue weighted by Crippen LogP contribution is -2.35. The number of imide groups is 1. The molecule has 0 unspecified atom stereocenters. The fourth-order valence-corrected chi connectivity index (χ4v) is 3.71. The van der Waals surface area contributed by atoms with Crippen molar-refractivity contribution in [3.63, 3.8) is 0 Å². The number of ether oxygens (including phenoxy) is 1. The molecule has 29 heavy (non-hydrogen) atoms. The number of carbonyl (C=O) groups is 4. The van der Waals surface area contributed by atoms with Crippen molar-refractivity contribution in [2.75, 3.05) is 18.2 Å². The number of nitrogens with zero attached hydrogens (tertiary/aromatic N) is 2. The Morgan fingerprint density at radius 2 is 1.69 bits per heavy atom. The average Bonchev–Trinajstić information content (AvgIpc) is 3.21. The largest absolute Gasteiger partial charge is 0.443 e. The molecule has 2 aliphatic heterocycles. The zero-order chi connectivity index (χ0) is 20.7. The van der Waals surface area contributed by atoms with E-state index in [1.807, 2.05) is 32.0 Å². The maximum absolute atomic E-state index is 12.5. The Bertz CT molecular complexity index is 1010. The summed E-state index contributed by atoms with van der Waals surface area (Å²) in [5, 5.41) is 0. The van der Waals surface area contributed by atoms with Crippen molar-refractivity contribution < 1.29 is 23.9 Å². The molecule has 7 nitrogen and oxygen atoms in total. The molecule has 3 amide bonds. The summed E-state index contributed by atoms with van der Waals surface area (Å²) in [6, 6.07) is 12.3. The maximum atomic E-state index is 12.5. The number of esters is 1. The van der Waals surface area contributed by atoms with Crippen LogP contribution >= 0.6 is 0 Å². The van der Waals surface area contributed by atoms with Crippen LogP contribution in [-0.4, -0.2) is 41.9 Å². The molecule has 2 aromatic rings. The Kier molecular flexibility index (Phi) is 4.66. The van der Waals surface area contributed by atoms with Gasteiger partial charge in [-0.3, -0.25) is 19.2 Å². The Labute approximate surface area is 167 Å². The van der Waals surface area contributed by atoms with Crippen LogP contribution in [0.2, 0.25) is 0 Å². The quantitative estimate of drug-likeness (QED) is 0.590. The highest BCUT2D eigenvalue weighted by Crippen LogP contribution is 2.29. The van der Waals surface area contributed by atoms with Crippen LogP contribution in [0.25, 0.3) is 0 Å². The van der Waals surface area contributed by atoms with Gasteiger partial charge in [-0.2, -0.15) is 0 Å². The molecule has 0 aliphatic carbocycles. The van der Waals surface area contributed by atoms with Crippen LogP contribution in [0.15, 0.2) is 42.5 Å². The zero-order valence-corrected chi connectivity index (χ0v) is 16.2. The van der Waals surface area contributed by atoms with E-state index in [1.165, 1.54) is 0 Å². The van der Waals surface area contributed by atoms with Crippen LogP contribution in [-0.2, 0) is 14.3 Å². The predicted molar refractivity (Wildman–Crippen MR) is 104 cm³/mol. The van der Waals surface area contributed by atoms with Crippen molar-refractivity contribution in [1.29, 1.82) is 0 Å². The monoisotopic (exact) mass is 392 g/mol. The molecule has 1 saturated heterocycles. The number of fused-ring (bicyclic) bond motifs is 1. The fourth-order valence-electron chi connectivity index (χ4n) is 3.71. The molecule has 0 bridgehead atoms. The Morgan fingerprint density at radius 1 is 1.03 bits per heavy atom. The third kappa shape index (κ3) is 3.29. The van der Waals surface area contributed by atoms with E-state index in [0.29, 0.717) is 11.1 Å². The number of carbonyl (C=O) groups excluding carboxylic acids is 4. The minimum Gasteiger partial charge on any atom is -0.443 e. The first kappa shape index (κ1) is 18.9. The second kappa shape index (κ2) is 7.16. The smallest absolute Gasteiger partial charge is 0.313 e. The summed E-state index contributed by atoms with van der Waals surface area (Å²) < 4.78 is 5.23. The van der Waals surface area contributed by atoms with Crippen LogP contribution in [0.5, 0.6) is 0 Å². The van der Waals surface area contributed by atoms with Gasteiger partial charge in [-0.1, -0.05) is 24.3 Å². The van der Waals surface area contributed by atoms with E-state index in [2.05, 4.69) is 0 Å². The fraction of sp³-hybridized carbons (Fsp3) is 0.273. The van der Waals surface area contributed by atoms with Crippen molar-refractivity contribution in [3.05, 3.63) is 64.7 Å². The maximum Gasteiger partial charge on any atom is 0.313 e. The summed E-state index contributed by atoms with van der Waals surface area (Å²) in [5.41, 5.74) is 3.35. The molecule has 0 radical (unpaired) electrons. The normalized spacial score (nSPS) is 18.4. The molecule has 0 N–H and O–H groups in total. The lowest BCUT2D eigenvalue weighted by molar-refractivity contribution is -0.151. The van der Waals surface area contributed by atoms with E-state index in [9.17, 15) is 19.2 Å². The number of benzene rings is 2. The van der Waals surface area contributed by atoms with Crippen LogP contribution in [0, 0.1) is 19.8 Å². The first-order chi connectivity index (χ1) is 13.9. The van der Waals surface area contributed by atoms with Crippen molar-refractivity contribution >= 4 is 29.4 Å². The summed E-state index contributed by atoms with van der Waals surface area (Å²) in [6.07, 6.45) is 0.0360. The molecule has 0 saturated carbocycles. The highest BCUT2D eigenvalue weighted by atomic mass is 16.5. The molecular formula is C22H20N2O5. The van der Waals surface area contributed by atoms with Gasteiger partial charge < -0.3 is 9.64 Å². The van der Waals surface area contributed by atoms with E-state index >= 15 is 0 Å². The lowest BCUT2D eigenvalue weighted by Gasteiger charge is -2.20.